The van der Waals surface area contributed by atoms with Crippen LogP contribution in [0.15, 0.2) is 0 Å². The molecule has 1 saturated carbocycles. The number of esters is 1. The van der Waals surface area contributed by atoms with Gasteiger partial charge in [0.2, 0.25) is 0 Å². The molecule has 86 valence electrons. The van der Waals surface area contributed by atoms with Gasteiger partial charge in [0.25, 0.3) is 0 Å². The van der Waals surface area contributed by atoms with Gasteiger partial charge in [0, 0.05) is 18.3 Å². The van der Waals surface area contributed by atoms with Crippen molar-refractivity contribution in [2.75, 3.05) is 0 Å². The second kappa shape index (κ2) is 3.81. The standard InChI is InChI=1S/C10H16O5/c1-5(11)15-9-8(14)6(4-7(12)13)10(9,2)3/h6,8-9,14H,4H2,1-3H3,(H,12,13). The number of aliphatic hydroxyl groups is 1. The van der Waals surface area contributed by atoms with Crippen molar-refractivity contribution < 1.29 is 24.5 Å². The van der Waals surface area contributed by atoms with Gasteiger partial charge in [0.1, 0.15) is 6.10 Å². The van der Waals surface area contributed by atoms with Crippen molar-refractivity contribution in [3.63, 3.8) is 0 Å². The van der Waals surface area contributed by atoms with Crippen LogP contribution in [0.1, 0.15) is 27.2 Å². The van der Waals surface area contributed by atoms with E-state index in [1.807, 2.05) is 0 Å². The van der Waals surface area contributed by atoms with E-state index in [-0.39, 0.29) is 12.3 Å². The lowest BCUT2D eigenvalue weighted by molar-refractivity contribution is -0.225. The Balaban J connectivity index is 2.67. The Kier molecular flexibility index (Phi) is 3.04. The predicted octanol–water partition coefficient (Wildman–Crippen LogP) is 0.410. The van der Waals surface area contributed by atoms with Crippen LogP contribution >= 0.6 is 0 Å². The first-order valence-electron chi connectivity index (χ1n) is 4.84. The molecule has 0 aromatic heterocycles. The maximum absolute atomic E-state index is 10.8. The zero-order chi connectivity index (χ0) is 11.8. The number of rotatable bonds is 3. The van der Waals surface area contributed by atoms with E-state index in [2.05, 4.69) is 0 Å². The van der Waals surface area contributed by atoms with Gasteiger partial charge in [-0.3, -0.25) is 9.59 Å². The molecule has 1 fully saturated rings. The smallest absolute Gasteiger partial charge is 0.303 e. The minimum Gasteiger partial charge on any atom is -0.481 e. The molecule has 3 atom stereocenters. The zero-order valence-electron chi connectivity index (χ0n) is 9.06. The largest absolute Gasteiger partial charge is 0.481 e. The summed E-state index contributed by atoms with van der Waals surface area (Å²) < 4.78 is 4.94. The minimum absolute atomic E-state index is 0.105. The van der Waals surface area contributed by atoms with E-state index in [0.29, 0.717) is 0 Å². The molecule has 0 aliphatic heterocycles. The highest BCUT2D eigenvalue weighted by Crippen LogP contribution is 2.49. The Morgan fingerprint density at radius 1 is 1.40 bits per heavy atom. The number of ether oxygens (including phenoxy) is 1. The lowest BCUT2D eigenvalue weighted by Crippen LogP contribution is -2.63. The average molecular weight is 216 g/mol. The second-order valence-electron chi connectivity index (χ2n) is 4.55. The Morgan fingerprint density at radius 2 is 1.93 bits per heavy atom. The fourth-order valence-corrected chi connectivity index (χ4v) is 2.16. The van der Waals surface area contributed by atoms with Crippen LogP contribution in [0.5, 0.6) is 0 Å². The summed E-state index contributed by atoms with van der Waals surface area (Å²) in [7, 11) is 0. The maximum atomic E-state index is 10.8. The molecule has 0 spiro atoms. The molecular formula is C10H16O5. The molecular weight excluding hydrogens is 200 g/mol. The van der Waals surface area contributed by atoms with E-state index in [0.717, 1.165) is 0 Å². The zero-order valence-corrected chi connectivity index (χ0v) is 9.06. The number of carbonyl (C=O) groups is 2. The molecule has 0 bridgehead atoms. The molecule has 1 rings (SSSR count). The van der Waals surface area contributed by atoms with Gasteiger partial charge in [-0.05, 0) is 0 Å². The van der Waals surface area contributed by atoms with E-state index in [9.17, 15) is 14.7 Å². The van der Waals surface area contributed by atoms with Gasteiger partial charge >= 0.3 is 11.9 Å². The Labute approximate surface area is 88.0 Å². The first-order chi connectivity index (χ1) is 6.76. The van der Waals surface area contributed by atoms with E-state index in [4.69, 9.17) is 9.84 Å². The summed E-state index contributed by atoms with van der Waals surface area (Å²) in [6.07, 6.45) is -1.58. The van der Waals surface area contributed by atoms with Gasteiger partial charge in [-0.2, -0.15) is 0 Å². The summed E-state index contributed by atoms with van der Waals surface area (Å²) in [4.78, 5) is 21.3. The molecule has 5 nitrogen and oxygen atoms in total. The fourth-order valence-electron chi connectivity index (χ4n) is 2.16. The van der Waals surface area contributed by atoms with E-state index < -0.39 is 29.6 Å². The van der Waals surface area contributed by atoms with Crippen molar-refractivity contribution in [1.29, 1.82) is 0 Å². The monoisotopic (exact) mass is 216 g/mol. The van der Waals surface area contributed by atoms with Crippen LogP contribution in [-0.4, -0.2) is 34.4 Å². The van der Waals surface area contributed by atoms with Crippen molar-refractivity contribution in [1.82, 2.24) is 0 Å². The van der Waals surface area contributed by atoms with Crippen molar-refractivity contribution >= 4 is 11.9 Å². The third kappa shape index (κ3) is 2.12. The quantitative estimate of drug-likeness (QED) is 0.667. The van der Waals surface area contributed by atoms with Gasteiger partial charge in [0.15, 0.2) is 0 Å². The van der Waals surface area contributed by atoms with Crippen molar-refractivity contribution in [2.24, 2.45) is 11.3 Å². The van der Waals surface area contributed by atoms with Crippen molar-refractivity contribution in [3.8, 4) is 0 Å². The minimum atomic E-state index is -0.951. The first-order valence-corrected chi connectivity index (χ1v) is 4.84. The summed E-state index contributed by atoms with van der Waals surface area (Å²) in [6, 6.07) is 0. The van der Waals surface area contributed by atoms with Crippen molar-refractivity contribution in [2.45, 2.75) is 39.4 Å². The molecule has 1 aliphatic carbocycles. The molecule has 15 heavy (non-hydrogen) atoms. The molecule has 0 radical (unpaired) electrons. The van der Waals surface area contributed by atoms with Crippen LogP contribution in [0.4, 0.5) is 0 Å². The summed E-state index contributed by atoms with van der Waals surface area (Å²) in [6.45, 7) is 4.86. The Hall–Kier alpha value is -1.10. The van der Waals surface area contributed by atoms with Crippen molar-refractivity contribution in [3.05, 3.63) is 0 Å². The van der Waals surface area contributed by atoms with Gasteiger partial charge in [-0.1, -0.05) is 13.8 Å². The van der Waals surface area contributed by atoms with Crippen LogP contribution in [0, 0.1) is 11.3 Å². The summed E-state index contributed by atoms with van der Waals surface area (Å²) in [5, 5.41) is 18.3. The third-order valence-electron chi connectivity index (χ3n) is 3.10. The molecule has 3 unspecified atom stereocenters. The number of carbonyl (C=O) groups excluding carboxylic acids is 1. The summed E-state index contributed by atoms with van der Waals surface area (Å²) >= 11 is 0. The number of hydrogen-bond acceptors (Lipinski definition) is 4. The lowest BCUT2D eigenvalue weighted by atomic mass is 9.57. The third-order valence-corrected chi connectivity index (χ3v) is 3.10. The molecule has 0 aromatic rings. The average Bonchev–Trinajstić information content (AvgIpc) is 2.09. The maximum Gasteiger partial charge on any atom is 0.303 e. The van der Waals surface area contributed by atoms with E-state index in [1.54, 1.807) is 13.8 Å². The second-order valence-corrected chi connectivity index (χ2v) is 4.55. The summed E-state index contributed by atoms with van der Waals surface area (Å²) in [5.41, 5.74) is -0.483. The number of hydrogen-bond donors (Lipinski definition) is 2. The van der Waals surface area contributed by atoms with Crippen LogP contribution in [0.25, 0.3) is 0 Å². The van der Waals surface area contributed by atoms with E-state index >= 15 is 0 Å². The van der Waals surface area contributed by atoms with Gasteiger partial charge in [-0.15, -0.1) is 0 Å². The number of aliphatic carboxylic acids is 1. The Morgan fingerprint density at radius 3 is 2.27 bits per heavy atom. The van der Waals surface area contributed by atoms with Crippen LogP contribution in [-0.2, 0) is 14.3 Å². The molecule has 0 aromatic carbocycles. The summed E-state index contributed by atoms with van der Waals surface area (Å²) in [5.74, 6) is -1.77. The molecule has 0 heterocycles. The molecule has 1 aliphatic rings. The number of carboxylic acid groups (broad SMARTS) is 1. The highest BCUT2D eigenvalue weighted by molar-refractivity contribution is 5.68. The molecule has 0 saturated heterocycles. The van der Waals surface area contributed by atoms with Gasteiger partial charge < -0.3 is 14.9 Å². The number of aliphatic hydroxyl groups excluding tert-OH is 1. The highest BCUT2D eigenvalue weighted by atomic mass is 16.6. The van der Waals surface area contributed by atoms with Gasteiger partial charge in [0.05, 0.1) is 12.5 Å². The van der Waals surface area contributed by atoms with Crippen LogP contribution in [0.2, 0.25) is 0 Å². The lowest BCUT2D eigenvalue weighted by Gasteiger charge is -2.54. The predicted molar refractivity (Wildman–Crippen MR) is 51.1 cm³/mol. The fraction of sp³-hybridized carbons (Fsp3) is 0.800. The molecule has 2 N–H and O–H groups in total. The van der Waals surface area contributed by atoms with Crippen LogP contribution < -0.4 is 0 Å². The van der Waals surface area contributed by atoms with Crippen LogP contribution in [0.3, 0.4) is 0 Å². The first kappa shape index (κ1) is 12.0. The topological polar surface area (TPSA) is 83.8 Å². The van der Waals surface area contributed by atoms with Gasteiger partial charge in [-0.25, -0.2) is 0 Å². The normalized spacial score (nSPS) is 32.9. The highest BCUT2D eigenvalue weighted by Gasteiger charge is 2.58. The Bertz CT molecular complexity index is 258. The SMILES string of the molecule is CC(=O)OC1C(O)C(CC(=O)O)C1(C)C. The molecule has 0 amide bonds. The number of carboxylic acids is 1. The molecule has 5 heteroatoms. The van der Waals surface area contributed by atoms with E-state index in [1.165, 1.54) is 6.92 Å².